The highest BCUT2D eigenvalue weighted by Gasteiger charge is 2.40. The predicted octanol–water partition coefficient (Wildman–Crippen LogP) is 1.67. The van der Waals surface area contributed by atoms with E-state index < -0.39 is 12.1 Å². The second kappa shape index (κ2) is 4.00. The lowest BCUT2D eigenvalue weighted by molar-refractivity contribution is -0.198. The van der Waals surface area contributed by atoms with Crippen molar-refractivity contribution in [3.8, 4) is 0 Å². The van der Waals surface area contributed by atoms with Gasteiger partial charge in [0.25, 0.3) is 0 Å². The maximum Gasteiger partial charge on any atom is 0.490 e. The van der Waals surface area contributed by atoms with E-state index in [1.54, 1.807) is 6.92 Å². The molecule has 0 heterocycles. The molecule has 0 amide bonds. The van der Waals surface area contributed by atoms with Gasteiger partial charge in [0.05, 0.1) is 0 Å². The van der Waals surface area contributed by atoms with Crippen LogP contribution in [-0.2, 0) is 9.53 Å². The molecule has 0 aromatic carbocycles. The smallest absolute Gasteiger partial charge is 0.455 e. The molecule has 2 nitrogen and oxygen atoms in total. The zero-order chi connectivity index (χ0) is 8.91. The Bertz CT molecular complexity index is 160. The van der Waals surface area contributed by atoms with E-state index in [1.165, 1.54) is 12.2 Å². The predicted molar refractivity (Wildman–Crippen MR) is 31.8 cm³/mol. The molecule has 0 aromatic heterocycles. The van der Waals surface area contributed by atoms with E-state index in [9.17, 15) is 18.0 Å². The molecule has 0 aromatic rings. The third kappa shape index (κ3) is 4.41. The van der Waals surface area contributed by atoms with Gasteiger partial charge in [-0.2, -0.15) is 13.2 Å². The van der Waals surface area contributed by atoms with Crippen LogP contribution >= 0.6 is 0 Å². The van der Waals surface area contributed by atoms with E-state index in [-0.39, 0.29) is 6.61 Å². The normalized spacial score (nSPS) is 12.0. The van der Waals surface area contributed by atoms with Crippen molar-refractivity contribution >= 4 is 5.97 Å². The van der Waals surface area contributed by atoms with Gasteiger partial charge >= 0.3 is 12.1 Å². The molecule has 5 heteroatoms. The molecule has 0 N–H and O–H groups in total. The van der Waals surface area contributed by atoms with Crippen molar-refractivity contribution in [2.75, 3.05) is 6.61 Å². The van der Waals surface area contributed by atoms with Crippen molar-refractivity contribution in [3.63, 3.8) is 0 Å². The summed E-state index contributed by atoms with van der Waals surface area (Å²) in [6, 6.07) is 0. The summed E-state index contributed by atoms with van der Waals surface area (Å²) >= 11 is 0. The summed E-state index contributed by atoms with van der Waals surface area (Å²) in [5.74, 6) is -2.16. The second-order valence-corrected chi connectivity index (χ2v) is 1.67. The van der Waals surface area contributed by atoms with Crippen molar-refractivity contribution in [2.24, 2.45) is 0 Å². The van der Waals surface area contributed by atoms with Gasteiger partial charge in [-0.3, -0.25) is 0 Å². The number of hydrogen-bond acceptors (Lipinski definition) is 2. The first-order valence-electron chi connectivity index (χ1n) is 2.83. The molecule has 64 valence electrons. The molecule has 0 saturated heterocycles. The monoisotopic (exact) mass is 168 g/mol. The summed E-state index contributed by atoms with van der Waals surface area (Å²) in [6.07, 6.45) is -2.09. The van der Waals surface area contributed by atoms with Crippen molar-refractivity contribution < 1.29 is 22.7 Å². The Labute approximate surface area is 61.6 Å². The summed E-state index contributed by atoms with van der Waals surface area (Å²) in [5.41, 5.74) is 0. The van der Waals surface area contributed by atoms with Gasteiger partial charge < -0.3 is 4.74 Å². The molecule has 0 spiro atoms. The van der Waals surface area contributed by atoms with Crippen LogP contribution in [0.1, 0.15) is 6.92 Å². The fourth-order valence-electron chi connectivity index (χ4n) is 0.302. The van der Waals surface area contributed by atoms with Crippen molar-refractivity contribution in [3.05, 3.63) is 12.2 Å². The van der Waals surface area contributed by atoms with Crippen molar-refractivity contribution in [2.45, 2.75) is 13.1 Å². The average Bonchev–Trinajstić information content (AvgIpc) is 1.86. The third-order valence-corrected chi connectivity index (χ3v) is 0.778. The molecule has 0 rings (SSSR count). The Kier molecular flexibility index (Phi) is 3.64. The zero-order valence-electron chi connectivity index (χ0n) is 5.81. The first-order chi connectivity index (χ1) is 4.98. The fraction of sp³-hybridized carbons (Fsp3) is 0.500. The molecule has 0 unspecified atom stereocenters. The van der Waals surface area contributed by atoms with E-state index >= 15 is 0 Å². The van der Waals surface area contributed by atoms with Crippen LogP contribution in [0.5, 0.6) is 0 Å². The van der Waals surface area contributed by atoms with Crippen molar-refractivity contribution in [1.82, 2.24) is 0 Å². The van der Waals surface area contributed by atoms with Crippen LogP contribution in [0.3, 0.4) is 0 Å². The summed E-state index contributed by atoms with van der Waals surface area (Å²) in [6.45, 7) is 1.27. The lowest BCUT2D eigenvalue weighted by Crippen LogP contribution is -2.25. The number of carbonyl (C=O) groups is 1. The van der Waals surface area contributed by atoms with Gasteiger partial charge in [0.15, 0.2) is 0 Å². The molecule has 0 bridgehead atoms. The average molecular weight is 168 g/mol. The van der Waals surface area contributed by atoms with Crippen LogP contribution in [0.2, 0.25) is 0 Å². The largest absolute Gasteiger partial charge is 0.490 e. The zero-order valence-corrected chi connectivity index (χ0v) is 5.81. The molecule has 0 aliphatic carbocycles. The maximum atomic E-state index is 11.4. The van der Waals surface area contributed by atoms with Gasteiger partial charge in [0.1, 0.15) is 6.61 Å². The van der Waals surface area contributed by atoms with Gasteiger partial charge in [-0.15, -0.1) is 0 Å². The number of esters is 1. The summed E-state index contributed by atoms with van der Waals surface area (Å²) in [7, 11) is 0. The Morgan fingerprint density at radius 2 is 2.09 bits per heavy atom. The number of hydrogen-bond donors (Lipinski definition) is 0. The van der Waals surface area contributed by atoms with E-state index in [1.807, 2.05) is 0 Å². The number of alkyl halides is 3. The number of ether oxygens (including phenoxy) is 1. The van der Waals surface area contributed by atoms with E-state index in [4.69, 9.17) is 0 Å². The molecule has 0 atom stereocenters. The minimum absolute atomic E-state index is 0.338. The third-order valence-electron chi connectivity index (χ3n) is 0.778. The van der Waals surface area contributed by atoms with Crippen LogP contribution in [-0.4, -0.2) is 18.8 Å². The highest BCUT2D eigenvalue weighted by molar-refractivity contribution is 5.75. The summed E-state index contributed by atoms with van der Waals surface area (Å²) < 4.78 is 37.9. The lowest BCUT2D eigenvalue weighted by Gasteiger charge is -2.03. The number of halogens is 3. The quantitative estimate of drug-likeness (QED) is 0.463. The fourth-order valence-corrected chi connectivity index (χ4v) is 0.302. The van der Waals surface area contributed by atoms with Crippen LogP contribution in [0.25, 0.3) is 0 Å². The molecular weight excluding hydrogens is 161 g/mol. The molecule has 11 heavy (non-hydrogen) atoms. The van der Waals surface area contributed by atoms with Gasteiger partial charge in [0, 0.05) is 0 Å². The first kappa shape index (κ1) is 10.0. The highest BCUT2D eigenvalue weighted by Crippen LogP contribution is 2.16. The second-order valence-electron chi connectivity index (χ2n) is 1.67. The van der Waals surface area contributed by atoms with Crippen LogP contribution in [0, 0.1) is 0 Å². The SMILES string of the molecule is CC=CCOC(=O)C(F)(F)F. The molecule has 0 fully saturated rings. The summed E-state index contributed by atoms with van der Waals surface area (Å²) in [5, 5.41) is 0. The van der Waals surface area contributed by atoms with Crippen LogP contribution in [0.4, 0.5) is 13.2 Å². The Balaban J connectivity index is 3.71. The van der Waals surface area contributed by atoms with Gasteiger partial charge in [-0.1, -0.05) is 12.2 Å². The number of carbonyl (C=O) groups excluding carboxylic acids is 1. The van der Waals surface area contributed by atoms with Crippen LogP contribution < -0.4 is 0 Å². The van der Waals surface area contributed by atoms with Gasteiger partial charge in [0.2, 0.25) is 0 Å². The van der Waals surface area contributed by atoms with E-state index in [0.717, 1.165) is 0 Å². The van der Waals surface area contributed by atoms with Gasteiger partial charge in [-0.05, 0) is 6.92 Å². The topological polar surface area (TPSA) is 26.3 Å². The Morgan fingerprint density at radius 3 is 2.45 bits per heavy atom. The van der Waals surface area contributed by atoms with E-state index in [0.29, 0.717) is 0 Å². The van der Waals surface area contributed by atoms with Crippen molar-refractivity contribution in [1.29, 1.82) is 0 Å². The Hall–Kier alpha value is -1.00. The standard InChI is InChI=1S/C6H7F3O2/c1-2-3-4-11-5(10)6(7,8)9/h2-3H,4H2,1H3. The minimum atomic E-state index is -4.89. The molecule has 0 radical (unpaired) electrons. The minimum Gasteiger partial charge on any atom is -0.455 e. The first-order valence-corrected chi connectivity index (χ1v) is 2.83. The molecule has 0 aliphatic heterocycles. The number of allylic oxidation sites excluding steroid dienone is 1. The summed E-state index contributed by atoms with van der Waals surface area (Å²) in [4.78, 5) is 9.96. The van der Waals surface area contributed by atoms with E-state index in [2.05, 4.69) is 4.74 Å². The maximum absolute atomic E-state index is 11.4. The number of rotatable bonds is 2. The highest BCUT2D eigenvalue weighted by atomic mass is 19.4. The molecule has 0 saturated carbocycles. The van der Waals surface area contributed by atoms with Gasteiger partial charge in [-0.25, -0.2) is 4.79 Å². The lowest BCUT2D eigenvalue weighted by atomic mass is 10.5. The Morgan fingerprint density at radius 1 is 1.55 bits per heavy atom. The molecular formula is C6H7F3O2. The van der Waals surface area contributed by atoms with Crippen LogP contribution in [0.15, 0.2) is 12.2 Å². The molecule has 0 aliphatic rings.